The first-order valence-corrected chi connectivity index (χ1v) is 5.81. The molecule has 0 atom stereocenters. The molecular formula is C11H19NS. The summed E-state index contributed by atoms with van der Waals surface area (Å²) in [7, 11) is 0. The van der Waals surface area contributed by atoms with Crippen LogP contribution in [0.25, 0.3) is 0 Å². The number of rotatable bonds is 3. The summed E-state index contributed by atoms with van der Waals surface area (Å²) < 4.78 is 0. The van der Waals surface area contributed by atoms with Crippen LogP contribution in [0.5, 0.6) is 0 Å². The van der Waals surface area contributed by atoms with Crippen LogP contribution >= 0.6 is 11.3 Å². The van der Waals surface area contributed by atoms with Crippen molar-refractivity contribution < 1.29 is 0 Å². The molecule has 13 heavy (non-hydrogen) atoms. The van der Waals surface area contributed by atoms with E-state index in [1.54, 1.807) is 11.3 Å². The third-order valence-electron chi connectivity index (χ3n) is 2.64. The van der Waals surface area contributed by atoms with Crippen molar-refractivity contribution in [3.63, 3.8) is 0 Å². The maximum atomic E-state index is 4.50. The maximum Gasteiger partial charge on any atom is 0.0798 e. The van der Waals surface area contributed by atoms with Gasteiger partial charge in [-0.3, -0.25) is 0 Å². The highest BCUT2D eigenvalue weighted by molar-refractivity contribution is 7.09. The summed E-state index contributed by atoms with van der Waals surface area (Å²) >= 11 is 1.79. The van der Waals surface area contributed by atoms with Crippen molar-refractivity contribution in [2.45, 2.75) is 52.4 Å². The summed E-state index contributed by atoms with van der Waals surface area (Å²) in [5, 5.41) is 0. The van der Waals surface area contributed by atoms with Gasteiger partial charge in [0.2, 0.25) is 0 Å². The van der Waals surface area contributed by atoms with Gasteiger partial charge in [0.05, 0.1) is 11.2 Å². The van der Waals surface area contributed by atoms with E-state index in [9.17, 15) is 0 Å². The van der Waals surface area contributed by atoms with E-state index >= 15 is 0 Å². The molecular weight excluding hydrogens is 178 g/mol. The predicted octanol–water partition coefficient (Wildman–Crippen LogP) is 3.95. The lowest BCUT2D eigenvalue weighted by Crippen LogP contribution is -2.18. The molecule has 1 aromatic rings. The SMILES string of the molecule is CCC(C)(C)c1ncsc1C(C)C. The van der Waals surface area contributed by atoms with E-state index in [2.05, 4.69) is 39.6 Å². The van der Waals surface area contributed by atoms with Crippen molar-refractivity contribution in [2.24, 2.45) is 0 Å². The highest BCUT2D eigenvalue weighted by Crippen LogP contribution is 2.34. The largest absolute Gasteiger partial charge is 0.249 e. The molecule has 1 rings (SSSR count). The van der Waals surface area contributed by atoms with E-state index in [1.165, 1.54) is 10.6 Å². The fourth-order valence-corrected chi connectivity index (χ4v) is 2.32. The summed E-state index contributed by atoms with van der Waals surface area (Å²) in [6, 6.07) is 0. The van der Waals surface area contributed by atoms with Gasteiger partial charge in [-0.1, -0.05) is 34.6 Å². The quantitative estimate of drug-likeness (QED) is 0.715. The van der Waals surface area contributed by atoms with Gasteiger partial charge in [-0.05, 0) is 12.3 Å². The minimum absolute atomic E-state index is 0.236. The molecule has 0 fully saturated rings. The zero-order chi connectivity index (χ0) is 10.1. The van der Waals surface area contributed by atoms with E-state index in [0.29, 0.717) is 5.92 Å². The first kappa shape index (κ1) is 10.7. The molecule has 0 amide bonds. The van der Waals surface area contributed by atoms with Crippen LogP contribution in [0.1, 0.15) is 57.5 Å². The van der Waals surface area contributed by atoms with Gasteiger partial charge >= 0.3 is 0 Å². The summed E-state index contributed by atoms with van der Waals surface area (Å²) in [5.41, 5.74) is 3.51. The monoisotopic (exact) mass is 197 g/mol. The second kappa shape index (κ2) is 3.79. The van der Waals surface area contributed by atoms with Crippen LogP contribution in [0.4, 0.5) is 0 Å². The first-order valence-electron chi connectivity index (χ1n) is 4.93. The van der Waals surface area contributed by atoms with Gasteiger partial charge < -0.3 is 0 Å². The Labute approximate surface area is 85.2 Å². The van der Waals surface area contributed by atoms with E-state index in [-0.39, 0.29) is 5.41 Å². The van der Waals surface area contributed by atoms with Crippen molar-refractivity contribution in [2.75, 3.05) is 0 Å². The average molecular weight is 197 g/mol. The summed E-state index contributed by atoms with van der Waals surface area (Å²) in [4.78, 5) is 5.95. The third-order valence-corrected chi connectivity index (χ3v) is 3.77. The van der Waals surface area contributed by atoms with Crippen molar-refractivity contribution in [1.82, 2.24) is 4.98 Å². The number of nitrogens with zero attached hydrogens (tertiary/aromatic N) is 1. The molecule has 0 radical (unpaired) electrons. The van der Waals surface area contributed by atoms with Gasteiger partial charge in [0.15, 0.2) is 0 Å². The zero-order valence-electron chi connectivity index (χ0n) is 9.22. The lowest BCUT2D eigenvalue weighted by Gasteiger charge is -2.22. The molecule has 0 aliphatic rings. The fourth-order valence-electron chi connectivity index (χ4n) is 1.34. The van der Waals surface area contributed by atoms with Crippen LogP contribution < -0.4 is 0 Å². The van der Waals surface area contributed by atoms with Crippen molar-refractivity contribution in [3.8, 4) is 0 Å². The van der Waals surface area contributed by atoms with E-state index < -0.39 is 0 Å². The van der Waals surface area contributed by atoms with Gasteiger partial charge in [0.1, 0.15) is 0 Å². The Kier molecular flexibility index (Phi) is 3.12. The minimum atomic E-state index is 0.236. The normalized spacial score (nSPS) is 12.5. The number of aromatic nitrogens is 1. The number of hydrogen-bond donors (Lipinski definition) is 0. The minimum Gasteiger partial charge on any atom is -0.249 e. The van der Waals surface area contributed by atoms with Crippen LogP contribution in [0, 0.1) is 0 Å². The standard InChI is InChI=1S/C11H19NS/c1-6-11(4,5)10-9(8(2)3)13-7-12-10/h7-8H,6H2,1-5H3. The topological polar surface area (TPSA) is 12.9 Å². The Hall–Kier alpha value is -0.370. The molecule has 2 heteroatoms. The molecule has 1 heterocycles. The third kappa shape index (κ3) is 2.11. The number of hydrogen-bond acceptors (Lipinski definition) is 2. The summed E-state index contributed by atoms with van der Waals surface area (Å²) in [6.07, 6.45) is 1.15. The molecule has 0 N–H and O–H groups in total. The van der Waals surface area contributed by atoms with Crippen LogP contribution in [0.2, 0.25) is 0 Å². The molecule has 0 unspecified atom stereocenters. The molecule has 74 valence electrons. The molecule has 0 aromatic carbocycles. The van der Waals surface area contributed by atoms with Crippen LogP contribution in [-0.2, 0) is 5.41 Å². The van der Waals surface area contributed by atoms with Gasteiger partial charge in [-0.2, -0.15) is 0 Å². The Bertz CT molecular complexity index is 273. The maximum absolute atomic E-state index is 4.50. The Morgan fingerprint density at radius 1 is 1.46 bits per heavy atom. The van der Waals surface area contributed by atoms with Crippen LogP contribution in [-0.4, -0.2) is 4.98 Å². The second-order valence-electron chi connectivity index (χ2n) is 4.46. The molecule has 1 aromatic heterocycles. The second-order valence-corrected chi connectivity index (χ2v) is 5.34. The van der Waals surface area contributed by atoms with Crippen LogP contribution in [0.3, 0.4) is 0 Å². The van der Waals surface area contributed by atoms with Gasteiger partial charge in [-0.25, -0.2) is 4.98 Å². The molecule has 0 bridgehead atoms. The predicted molar refractivity (Wildman–Crippen MR) is 59.5 cm³/mol. The van der Waals surface area contributed by atoms with Gasteiger partial charge in [-0.15, -0.1) is 11.3 Å². The molecule has 0 aliphatic heterocycles. The highest BCUT2D eigenvalue weighted by Gasteiger charge is 2.25. The Balaban J connectivity index is 3.07. The highest BCUT2D eigenvalue weighted by atomic mass is 32.1. The van der Waals surface area contributed by atoms with E-state index in [4.69, 9.17) is 0 Å². The zero-order valence-corrected chi connectivity index (χ0v) is 10.0. The van der Waals surface area contributed by atoms with E-state index in [1.807, 2.05) is 5.51 Å². The number of thiazole rings is 1. The van der Waals surface area contributed by atoms with Crippen LogP contribution in [0.15, 0.2) is 5.51 Å². The molecule has 1 nitrogen and oxygen atoms in total. The lowest BCUT2D eigenvalue weighted by molar-refractivity contribution is 0.486. The fraction of sp³-hybridized carbons (Fsp3) is 0.727. The molecule has 0 saturated heterocycles. The summed E-state index contributed by atoms with van der Waals surface area (Å²) in [5.74, 6) is 0.605. The van der Waals surface area contributed by atoms with Crippen molar-refractivity contribution >= 4 is 11.3 Å². The van der Waals surface area contributed by atoms with Crippen molar-refractivity contribution in [1.29, 1.82) is 0 Å². The first-order chi connectivity index (χ1) is 5.99. The lowest BCUT2D eigenvalue weighted by atomic mass is 9.84. The average Bonchev–Trinajstić information content (AvgIpc) is 2.52. The Morgan fingerprint density at radius 3 is 2.54 bits per heavy atom. The smallest absolute Gasteiger partial charge is 0.0798 e. The molecule has 0 spiro atoms. The Morgan fingerprint density at radius 2 is 2.08 bits per heavy atom. The molecule has 0 saturated carbocycles. The van der Waals surface area contributed by atoms with Gasteiger partial charge in [0, 0.05) is 10.3 Å². The van der Waals surface area contributed by atoms with Gasteiger partial charge in [0.25, 0.3) is 0 Å². The summed E-state index contributed by atoms with van der Waals surface area (Å²) in [6.45, 7) is 11.2. The molecule has 0 aliphatic carbocycles. The van der Waals surface area contributed by atoms with Crippen molar-refractivity contribution in [3.05, 3.63) is 16.1 Å². The van der Waals surface area contributed by atoms with E-state index in [0.717, 1.165) is 6.42 Å².